The first kappa shape index (κ1) is 23.3. The fourth-order valence-corrected chi connectivity index (χ4v) is 5.82. The minimum Gasteiger partial charge on any atom is -0.341 e. The number of aromatic nitrogens is 2. The number of carbonyl (C=O) groups excluding carboxylic acids is 1. The average Bonchev–Trinajstić information content (AvgIpc) is 3.36. The number of benzene rings is 2. The molecule has 3 heterocycles. The summed E-state index contributed by atoms with van der Waals surface area (Å²) < 4.78 is 3.17. The number of rotatable bonds is 5. The maximum atomic E-state index is 13.6. The molecule has 1 amide bonds. The second-order valence-corrected chi connectivity index (χ2v) is 10.3. The maximum absolute atomic E-state index is 13.6. The van der Waals surface area contributed by atoms with Crippen LogP contribution in [0.3, 0.4) is 0 Å². The predicted octanol–water partition coefficient (Wildman–Crippen LogP) is 4.31. The van der Waals surface area contributed by atoms with Crippen LogP contribution >= 0.6 is 11.3 Å². The lowest BCUT2D eigenvalue weighted by Gasteiger charge is -2.32. The van der Waals surface area contributed by atoms with Crippen molar-refractivity contribution in [1.29, 1.82) is 0 Å². The molecule has 1 saturated heterocycles. The lowest BCUT2D eigenvalue weighted by molar-refractivity contribution is -0.133. The maximum Gasteiger partial charge on any atom is 0.336 e. The van der Waals surface area contributed by atoms with Gasteiger partial charge in [0.25, 0.3) is 5.56 Å². The minimum atomic E-state index is -0.470. The van der Waals surface area contributed by atoms with Crippen molar-refractivity contribution >= 4 is 27.5 Å². The highest BCUT2D eigenvalue weighted by Crippen LogP contribution is 2.23. The number of amides is 1. The van der Waals surface area contributed by atoms with Crippen LogP contribution in [0.4, 0.5) is 0 Å². The number of carbonyl (C=O) groups is 1. The third kappa shape index (κ3) is 4.48. The molecule has 0 saturated carbocycles. The Balaban J connectivity index is 1.40. The van der Waals surface area contributed by atoms with Gasteiger partial charge in [-0.3, -0.25) is 14.2 Å². The zero-order chi connectivity index (χ0) is 24.5. The smallest absolute Gasteiger partial charge is 0.336 e. The Morgan fingerprint density at radius 3 is 2.46 bits per heavy atom. The second kappa shape index (κ2) is 9.66. The van der Waals surface area contributed by atoms with Gasteiger partial charge in [0, 0.05) is 13.1 Å². The van der Waals surface area contributed by atoms with E-state index in [1.807, 2.05) is 36.9 Å². The van der Waals surface area contributed by atoms with Crippen molar-refractivity contribution in [3.8, 4) is 5.69 Å². The summed E-state index contributed by atoms with van der Waals surface area (Å²) in [5.74, 6) is 0.475. The van der Waals surface area contributed by atoms with Crippen LogP contribution < -0.4 is 11.2 Å². The Hall–Kier alpha value is -3.45. The van der Waals surface area contributed by atoms with Crippen molar-refractivity contribution in [3.05, 3.63) is 97.5 Å². The van der Waals surface area contributed by atoms with Crippen LogP contribution in [0.5, 0.6) is 0 Å². The summed E-state index contributed by atoms with van der Waals surface area (Å²) in [5, 5.41) is 1.80. The van der Waals surface area contributed by atoms with Gasteiger partial charge in [0.2, 0.25) is 5.91 Å². The van der Waals surface area contributed by atoms with E-state index in [9.17, 15) is 14.4 Å². The lowest BCUT2D eigenvalue weighted by atomic mass is 9.90. The molecule has 180 valence electrons. The Labute approximate surface area is 208 Å². The number of nitrogens with zero attached hydrogens (tertiary/aromatic N) is 3. The van der Waals surface area contributed by atoms with E-state index in [1.54, 1.807) is 17.5 Å². The third-order valence-corrected chi connectivity index (χ3v) is 8.09. The Morgan fingerprint density at radius 1 is 0.971 bits per heavy atom. The standard InChI is InChI=1S/C28H29N3O3S/c1-19-7-6-10-23(20(19)2)31-27(33)26-24(13-16-35-26)30(28(31)34)18-25(32)29-14-11-22(12-15-29)17-21-8-4-3-5-9-21/h3-10,13,16,22H,11-12,14-15,17-18H2,1-2H3. The molecule has 1 aliphatic rings. The van der Waals surface area contributed by atoms with E-state index in [4.69, 9.17) is 0 Å². The molecule has 1 aliphatic heterocycles. The first-order valence-electron chi connectivity index (χ1n) is 12.1. The summed E-state index contributed by atoms with van der Waals surface area (Å²) in [7, 11) is 0. The van der Waals surface area contributed by atoms with E-state index in [0.29, 0.717) is 34.9 Å². The number of piperidine rings is 1. The SMILES string of the molecule is Cc1cccc(-n2c(=O)c3sccc3n(CC(=O)N3CCC(Cc4ccccc4)CC3)c2=O)c1C. The number of aryl methyl sites for hydroxylation is 1. The summed E-state index contributed by atoms with van der Waals surface area (Å²) in [6.07, 6.45) is 2.93. The molecule has 2 aromatic heterocycles. The van der Waals surface area contributed by atoms with Crippen molar-refractivity contribution in [1.82, 2.24) is 14.0 Å². The van der Waals surface area contributed by atoms with Crippen LogP contribution in [0.2, 0.25) is 0 Å². The van der Waals surface area contributed by atoms with Crippen LogP contribution in [0.25, 0.3) is 15.9 Å². The van der Waals surface area contributed by atoms with Gasteiger partial charge in [0.15, 0.2) is 0 Å². The molecule has 6 nitrogen and oxygen atoms in total. The summed E-state index contributed by atoms with van der Waals surface area (Å²) in [5.41, 5.74) is 3.50. The number of likely N-dealkylation sites (tertiary alicyclic amines) is 1. The van der Waals surface area contributed by atoms with E-state index in [1.165, 1.54) is 26.0 Å². The van der Waals surface area contributed by atoms with Crippen molar-refractivity contribution in [3.63, 3.8) is 0 Å². The van der Waals surface area contributed by atoms with Gasteiger partial charge < -0.3 is 4.90 Å². The zero-order valence-corrected chi connectivity index (χ0v) is 20.9. The molecule has 0 spiro atoms. The summed E-state index contributed by atoms with van der Waals surface area (Å²) in [4.78, 5) is 42.0. The largest absolute Gasteiger partial charge is 0.341 e. The first-order chi connectivity index (χ1) is 16.9. The molecule has 35 heavy (non-hydrogen) atoms. The van der Waals surface area contributed by atoms with Crippen LogP contribution in [-0.2, 0) is 17.8 Å². The van der Waals surface area contributed by atoms with Gasteiger partial charge >= 0.3 is 5.69 Å². The number of hydrogen-bond donors (Lipinski definition) is 0. The zero-order valence-electron chi connectivity index (χ0n) is 20.1. The predicted molar refractivity (Wildman–Crippen MR) is 141 cm³/mol. The molecule has 4 aromatic rings. The Kier molecular flexibility index (Phi) is 6.43. The average molecular weight is 488 g/mol. The molecule has 0 radical (unpaired) electrons. The van der Waals surface area contributed by atoms with Gasteiger partial charge in [0.05, 0.1) is 11.2 Å². The molecular formula is C28H29N3O3S. The molecule has 0 N–H and O–H groups in total. The molecule has 0 atom stereocenters. The fourth-order valence-electron chi connectivity index (χ4n) is 5.00. The minimum absolute atomic E-state index is 0.0689. The molecular weight excluding hydrogens is 458 g/mol. The molecule has 7 heteroatoms. The lowest BCUT2D eigenvalue weighted by Crippen LogP contribution is -2.44. The van der Waals surface area contributed by atoms with Crippen molar-refractivity contribution in [2.45, 2.75) is 39.7 Å². The van der Waals surface area contributed by atoms with Crippen molar-refractivity contribution in [2.24, 2.45) is 5.92 Å². The molecule has 0 aliphatic carbocycles. The van der Waals surface area contributed by atoms with Crippen LogP contribution in [0, 0.1) is 19.8 Å². The second-order valence-electron chi connectivity index (χ2n) is 9.38. The van der Waals surface area contributed by atoms with Gasteiger partial charge in [-0.15, -0.1) is 11.3 Å². The summed E-state index contributed by atoms with van der Waals surface area (Å²) in [6.45, 7) is 5.17. The first-order valence-corrected chi connectivity index (χ1v) is 12.9. The van der Waals surface area contributed by atoms with E-state index in [2.05, 4.69) is 24.3 Å². The van der Waals surface area contributed by atoms with Gasteiger partial charge in [0.1, 0.15) is 11.2 Å². The van der Waals surface area contributed by atoms with E-state index in [-0.39, 0.29) is 18.0 Å². The van der Waals surface area contributed by atoms with Crippen LogP contribution in [0.1, 0.15) is 29.5 Å². The highest BCUT2D eigenvalue weighted by molar-refractivity contribution is 7.17. The van der Waals surface area contributed by atoms with Gasteiger partial charge in [-0.1, -0.05) is 42.5 Å². The number of fused-ring (bicyclic) bond motifs is 1. The molecule has 0 bridgehead atoms. The van der Waals surface area contributed by atoms with E-state index < -0.39 is 5.69 Å². The van der Waals surface area contributed by atoms with Gasteiger partial charge in [-0.25, -0.2) is 9.36 Å². The molecule has 0 unspecified atom stereocenters. The third-order valence-electron chi connectivity index (χ3n) is 7.20. The van der Waals surface area contributed by atoms with Crippen LogP contribution in [-0.4, -0.2) is 33.0 Å². The quantitative estimate of drug-likeness (QED) is 0.421. The monoisotopic (exact) mass is 487 g/mol. The molecule has 1 fully saturated rings. The molecule has 2 aromatic carbocycles. The number of thiophene rings is 1. The topological polar surface area (TPSA) is 64.3 Å². The van der Waals surface area contributed by atoms with Crippen LogP contribution in [0.15, 0.2) is 69.6 Å². The Bertz CT molecular complexity index is 1490. The van der Waals surface area contributed by atoms with Crippen molar-refractivity contribution < 1.29 is 4.79 Å². The van der Waals surface area contributed by atoms with E-state index >= 15 is 0 Å². The van der Waals surface area contributed by atoms with Gasteiger partial charge in [-0.2, -0.15) is 0 Å². The number of hydrogen-bond acceptors (Lipinski definition) is 4. The molecule has 5 rings (SSSR count). The highest BCUT2D eigenvalue weighted by Gasteiger charge is 2.25. The van der Waals surface area contributed by atoms with Crippen molar-refractivity contribution in [2.75, 3.05) is 13.1 Å². The van der Waals surface area contributed by atoms with E-state index in [0.717, 1.165) is 30.4 Å². The summed E-state index contributed by atoms with van der Waals surface area (Å²) in [6, 6.07) is 17.8. The van der Waals surface area contributed by atoms with Gasteiger partial charge in [-0.05, 0) is 73.2 Å². The normalized spacial score (nSPS) is 14.5. The summed E-state index contributed by atoms with van der Waals surface area (Å²) >= 11 is 1.30. The fraction of sp³-hybridized carbons (Fsp3) is 0.321. The highest BCUT2D eigenvalue weighted by atomic mass is 32.1. The Morgan fingerprint density at radius 2 is 1.71 bits per heavy atom.